The number of aryl methyl sites for hydroxylation is 1. The van der Waals surface area contributed by atoms with E-state index >= 15 is 0 Å². The number of benzene rings is 4. The number of nitrogens with zero attached hydrogens (tertiary/aromatic N) is 3. The summed E-state index contributed by atoms with van der Waals surface area (Å²) in [6.45, 7) is 4.98. The molecule has 0 saturated carbocycles. The van der Waals surface area contributed by atoms with Gasteiger partial charge in [-0.1, -0.05) is 84.4 Å². The molecule has 1 amide bonds. The van der Waals surface area contributed by atoms with Crippen molar-refractivity contribution in [2.45, 2.75) is 13.0 Å². The molecular weight excluding hydrogens is 494 g/mol. The van der Waals surface area contributed by atoms with Gasteiger partial charge >= 0.3 is 0 Å². The first kappa shape index (κ1) is 25.8. The molecule has 5 aromatic rings. The summed E-state index contributed by atoms with van der Waals surface area (Å²) >= 11 is 0. The number of hydrogen-bond acceptors (Lipinski definition) is 4. The number of methoxy groups -OCH3 is 1. The Hall–Kier alpha value is -4.48. The average Bonchev–Trinajstić information content (AvgIpc) is 3.02. The maximum Gasteiger partial charge on any atom is 0.254 e. The molecule has 1 fully saturated rings. The van der Waals surface area contributed by atoms with Gasteiger partial charge in [-0.15, -0.1) is 0 Å². The van der Waals surface area contributed by atoms with Gasteiger partial charge in [-0.25, -0.2) is 4.98 Å². The fraction of sp³-hybridized carbons (Fsp3) is 0.200. The van der Waals surface area contributed by atoms with Gasteiger partial charge in [0.25, 0.3) is 5.91 Å². The molecule has 1 aliphatic rings. The van der Waals surface area contributed by atoms with Crippen LogP contribution in [0.25, 0.3) is 22.2 Å². The summed E-state index contributed by atoms with van der Waals surface area (Å²) in [5, 5.41) is 0.894. The van der Waals surface area contributed by atoms with E-state index in [0.29, 0.717) is 18.7 Å². The zero-order valence-corrected chi connectivity index (χ0v) is 23.0. The molecule has 0 unspecified atom stereocenters. The van der Waals surface area contributed by atoms with Crippen LogP contribution in [0.15, 0.2) is 109 Å². The van der Waals surface area contributed by atoms with Gasteiger partial charge in [0, 0.05) is 37.1 Å². The molecule has 1 aliphatic heterocycles. The minimum Gasteiger partial charge on any atom is -0.497 e. The summed E-state index contributed by atoms with van der Waals surface area (Å²) < 4.78 is 5.44. The van der Waals surface area contributed by atoms with Crippen LogP contribution in [0.5, 0.6) is 5.75 Å². The second-order valence-electron chi connectivity index (χ2n) is 10.4. The van der Waals surface area contributed by atoms with Gasteiger partial charge in [-0.05, 0) is 48.4 Å². The van der Waals surface area contributed by atoms with Crippen LogP contribution in [0.1, 0.15) is 33.1 Å². The molecule has 5 nitrogen and oxygen atoms in total. The van der Waals surface area contributed by atoms with Crippen molar-refractivity contribution in [2.75, 3.05) is 33.3 Å². The zero-order chi connectivity index (χ0) is 27.5. The van der Waals surface area contributed by atoms with Gasteiger partial charge in [0.05, 0.1) is 29.9 Å². The van der Waals surface area contributed by atoms with Crippen molar-refractivity contribution in [1.29, 1.82) is 0 Å². The van der Waals surface area contributed by atoms with E-state index in [0.717, 1.165) is 46.6 Å². The SMILES string of the molecule is COc1cccc(-c2cc(C(=O)N3CCN(C(c4ccccc4)c4ccccc4)CC3)c3cc(C)ccc3n2)c1. The first-order valence-corrected chi connectivity index (χ1v) is 13.8. The third-order valence-corrected chi connectivity index (χ3v) is 7.76. The molecule has 0 spiro atoms. The Morgan fingerprint density at radius 3 is 2.10 bits per heavy atom. The molecule has 200 valence electrons. The summed E-state index contributed by atoms with van der Waals surface area (Å²) in [5.41, 5.74) is 6.86. The van der Waals surface area contributed by atoms with Crippen molar-refractivity contribution < 1.29 is 9.53 Å². The highest BCUT2D eigenvalue weighted by atomic mass is 16.5. The number of ether oxygens (including phenoxy) is 1. The number of rotatable bonds is 6. The van der Waals surface area contributed by atoms with E-state index in [9.17, 15) is 4.79 Å². The molecular formula is C35H33N3O2. The lowest BCUT2D eigenvalue weighted by atomic mass is 9.96. The zero-order valence-electron chi connectivity index (χ0n) is 23.0. The van der Waals surface area contributed by atoms with Crippen LogP contribution in [0.4, 0.5) is 0 Å². The second-order valence-corrected chi connectivity index (χ2v) is 10.4. The number of carbonyl (C=O) groups is 1. The molecule has 5 heteroatoms. The normalized spacial score (nSPS) is 14.0. The maximum atomic E-state index is 14.1. The number of piperazine rings is 1. The number of carbonyl (C=O) groups excluding carboxylic acids is 1. The van der Waals surface area contributed by atoms with Crippen LogP contribution in [-0.2, 0) is 0 Å². The Balaban J connectivity index is 1.30. The number of pyridine rings is 1. The van der Waals surface area contributed by atoms with E-state index in [1.807, 2.05) is 47.4 Å². The van der Waals surface area contributed by atoms with E-state index in [1.54, 1.807) is 7.11 Å². The number of amides is 1. The third kappa shape index (κ3) is 5.21. The molecule has 0 N–H and O–H groups in total. The van der Waals surface area contributed by atoms with Gasteiger partial charge in [0.2, 0.25) is 0 Å². The fourth-order valence-corrected chi connectivity index (χ4v) is 5.69. The minimum absolute atomic E-state index is 0.0535. The fourth-order valence-electron chi connectivity index (χ4n) is 5.69. The first-order chi connectivity index (χ1) is 19.6. The van der Waals surface area contributed by atoms with E-state index < -0.39 is 0 Å². The van der Waals surface area contributed by atoms with Gasteiger partial charge in [-0.2, -0.15) is 0 Å². The minimum atomic E-state index is 0.0535. The van der Waals surface area contributed by atoms with Gasteiger partial charge < -0.3 is 9.64 Å². The summed E-state index contributed by atoms with van der Waals surface area (Å²) in [4.78, 5) is 23.5. The summed E-state index contributed by atoms with van der Waals surface area (Å²) in [5.74, 6) is 0.816. The highest BCUT2D eigenvalue weighted by Gasteiger charge is 2.29. The molecule has 1 saturated heterocycles. The highest BCUT2D eigenvalue weighted by molar-refractivity contribution is 6.07. The number of fused-ring (bicyclic) bond motifs is 1. The van der Waals surface area contributed by atoms with Crippen molar-refractivity contribution in [3.8, 4) is 17.0 Å². The van der Waals surface area contributed by atoms with Crippen LogP contribution in [0, 0.1) is 6.92 Å². The van der Waals surface area contributed by atoms with Gasteiger partial charge in [-0.3, -0.25) is 9.69 Å². The topological polar surface area (TPSA) is 45.7 Å². The molecule has 0 atom stereocenters. The second kappa shape index (κ2) is 11.3. The Morgan fingerprint density at radius 1 is 0.775 bits per heavy atom. The van der Waals surface area contributed by atoms with Crippen LogP contribution in [0.3, 0.4) is 0 Å². The van der Waals surface area contributed by atoms with Gasteiger partial charge in [0.15, 0.2) is 0 Å². The van der Waals surface area contributed by atoms with E-state index in [2.05, 4.69) is 78.6 Å². The summed E-state index contributed by atoms with van der Waals surface area (Å²) in [6, 6.07) is 37.4. The molecule has 6 rings (SSSR count). The molecule has 2 heterocycles. The third-order valence-electron chi connectivity index (χ3n) is 7.76. The lowest BCUT2D eigenvalue weighted by Gasteiger charge is -2.40. The smallest absolute Gasteiger partial charge is 0.254 e. The van der Waals surface area contributed by atoms with Crippen LogP contribution >= 0.6 is 0 Å². The summed E-state index contributed by atoms with van der Waals surface area (Å²) in [6.07, 6.45) is 0. The monoisotopic (exact) mass is 527 g/mol. The Bertz CT molecular complexity index is 1590. The number of aromatic nitrogens is 1. The van der Waals surface area contributed by atoms with Crippen molar-refractivity contribution in [3.05, 3.63) is 131 Å². The first-order valence-electron chi connectivity index (χ1n) is 13.8. The Kier molecular flexibility index (Phi) is 7.30. The quantitative estimate of drug-likeness (QED) is 0.245. The van der Waals surface area contributed by atoms with Crippen LogP contribution < -0.4 is 4.74 Å². The average molecular weight is 528 g/mol. The van der Waals surface area contributed by atoms with Crippen molar-refractivity contribution >= 4 is 16.8 Å². The van der Waals surface area contributed by atoms with Crippen LogP contribution in [0.2, 0.25) is 0 Å². The Morgan fingerprint density at radius 2 is 1.45 bits per heavy atom. The summed E-state index contributed by atoms with van der Waals surface area (Å²) in [7, 11) is 1.66. The molecule has 4 aromatic carbocycles. The molecule has 0 radical (unpaired) electrons. The standard InChI is InChI=1S/C35H33N3O2/c1-25-16-17-32-30(22-25)31(24-33(36-32)28-14-9-15-29(23-28)40-2)35(39)38-20-18-37(19-21-38)34(26-10-5-3-6-11-26)27-12-7-4-8-13-27/h3-17,22-24,34H,18-21H2,1-2H3. The molecule has 1 aromatic heterocycles. The molecule has 0 aliphatic carbocycles. The van der Waals surface area contributed by atoms with Crippen molar-refractivity contribution in [2.24, 2.45) is 0 Å². The Labute approximate surface area is 235 Å². The lowest BCUT2D eigenvalue weighted by Crippen LogP contribution is -2.49. The highest BCUT2D eigenvalue weighted by Crippen LogP contribution is 2.31. The maximum absolute atomic E-state index is 14.1. The molecule has 0 bridgehead atoms. The predicted molar refractivity (Wildman–Crippen MR) is 161 cm³/mol. The molecule has 40 heavy (non-hydrogen) atoms. The van der Waals surface area contributed by atoms with Crippen LogP contribution in [-0.4, -0.2) is 54.0 Å². The van der Waals surface area contributed by atoms with E-state index in [1.165, 1.54) is 11.1 Å². The van der Waals surface area contributed by atoms with Crippen molar-refractivity contribution in [3.63, 3.8) is 0 Å². The largest absolute Gasteiger partial charge is 0.497 e. The van der Waals surface area contributed by atoms with E-state index in [4.69, 9.17) is 9.72 Å². The van der Waals surface area contributed by atoms with Crippen molar-refractivity contribution in [1.82, 2.24) is 14.8 Å². The number of hydrogen-bond donors (Lipinski definition) is 0. The lowest BCUT2D eigenvalue weighted by molar-refractivity contribution is 0.0599. The van der Waals surface area contributed by atoms with Gasteiger partial charge in [0.1, 0.15) is 5.75 Å². The van der Waals surface area contributed by atoms with E-state index in [-0.39, 0.29) is 11.9 Å². The predicted octanol–water partition coefficient (Wildman–Crippen LogP) is 6.77.